The number of nitrogens with zero attached hydrogens (tertiary/aromatic N) is 1. The molecule has 0 saturated heterocycles. The standard InChI is InChI=1S/C13H11N/c1-8-9(2)14-12-7-10-5-3-4-6-11(10)13(8)12/h3-7H,1-2H3. The fraction of sp³-hybridized carbons (Fsp3) is 0.154. The van der Waals surface area contributed by atoms with E-state index in [2.05, 4.69) is 49.2 Å². The molecule has 1 aliphatic carbocycles. The van der Waals surface area contributed by atoms with Crippen molar-refractivity contribution in [1.29, 1.82) is 0 Å². The van der Waals surface area contributed by atoms with Crippen LogP contribution in [0.4, 0.5) is 0 Å². The molecule has 0 radical (unpaired) electrons. The number of hydrogen-bond donors (Lipinski definition) is 0. The van der Waals surface area contributed by atoms with Gasteiger partial charge in [-0.1, -0.05) is 24.3 Å². The molecule has 3 rings (SSSR count). The van der Waals surface area contributed by atoms with Crippen LogP contribution in [0.15, 0.2) is 40.5 Å². The molecule has 2 aliphatic rings. The Balaban J connectivity index is 2.32. The minimum absolute atomic E-state index is 1.14. The second kappa shape index (κ2) is 2.44. The van der Waals surface area contributed by atoms with E-state index in [9.17, 15) is 0 Å². The third-order valence-electron chi connectivity index (χ3n) is 2.98. The molecule has 0 atom stereocenters. The lowest BCUT2D eigenvalue weighted by molar-refractivity contribution is 1.50. The van der Waals surface area contributed by atoms with Gasteiger partial charge in [-0.2, -0.15) is 0 Å². The Bertz CT molecular complexity index is 516. The monoisotopic (exact) mass is 181 g/mol. The van der Waals surface area contributed by atoms with Gasteiger partial charge in [0.25, 0.3) is 0 Å². The molecule has 1 nitrogen and oxygen atoms in total. The third-order valence-corrected chi connectivity index (χ3v) is 2.98. The van der Waals surface area contributed by atoms with Gasteiger partial charge in [0.05, 0.1) is 5.70 Å². The Kier molecular flexibility index (Phi) is 1.35. The minimum Gasteiger partial charge on any atom is -0.253 e. The van der Waals surface area contributed by atoms with Crippen LogP contribution in [0.5, 0.6) is 0 Å². The van der Waals surface area contributed by atoms with Crippen LogP contribution in [0.3, 0.4) is 0 Å². The fourth-order valence-electron chi connectivity index (χ4n) is 2.14. The molecule has 0 bridgehead atoms. The quantitative estimate of drug-likeness (QED) is 0.582. The maximum Gasteiger partial charge on any atom is 0.0721 e. The van der Waals surface area contributed by atoms with E-state index >= 15 is 0 Å². The van der Waals surface area contributed by atoms with E-state index in [0.717, 1.165) is 11.4 Å². The number of benzene rings is 1. The maximum atomic E-state index is 4.55. The van der Waals surface area contributed by atoms with Crippen molar-refractivity contribution >= 4 is 17.4 Å². The van der Waals surface area contributed by atoms with Crippen LogP contribution in [-0.4, -0.2) is 5.71 Å². The van der Waals surface area contributed by atoms with Crippen LogP contribution in [-0.2, 0) is 0 Å². The molecule has 14 heavy (non-hydrogen) atoms. The summed E-state index contributed by atoms with van der Waals surface area (Å²) in [5.74, 6) is 0. The van der Waals surface area contributed by atoms with Crippen LogP contribution < -0.4 is 0 Å². The van der Waals surface area contributed by atoms with Crippen LogP contribution in [0.25, 0.3) is 11.6 Å². The van der Waals surface area contributed by atoms with E-state index in [1.54, 1.807) is 0 Å². The average Bonchev–Trinajstić information content (AvgIpc) is 2.65. The van der Waals surface area contributed by atoms with Crippen LogP contribution in [0, 0.1) is 0 Å². The Hall–Kier alpha value is -1.63. The molecule has 1 aromatic rings. The Morgan fingerprint density at radius 1 is 1.07 bits per heavy atom. The van der Waals surface area contributed by atoms with Gasteiger partial charge in [0.1, 0.15) is 0 Å². The van der Waals surface area contributed by atoms with Crippen molar-refractivity contribution in [3.63, 3.8) is 0 Å². The molecule has 0 fully saturated rings. The number of allylic oxidation sites excluding steroid dienone is 2. The molecule has 0 aromatic heterocycles. The first-order chi connectivity index (χ1) is 6.77. The number of fused-ring (bicyclic) bond motifs is 3. The molecular formula is C13H11N. The smallest absolute Gasteiger partial charge is 0.0721 e. The molecule has 0 N–H and O–H groups in total. The van der Waals surface area contributed by atoms with Gasteiger partial charge in [-0.15, -0.1) is 0 Å². The summed E-state index contributed by atoms with van der Waals surface area (Å²) in [5, 5.41) is 0. The second-order valence-electron chi connectivity index (χ2n) is 3.81. The molecule has 0 spiro atoms. The highest BCUT2D eigenvalue weighted by molar-refractivity contribution is 6.16. The van der Waals surface area contributed by atoms with Crippen molar-refractivity contribution in [2.45, 2.75) is 13.8 Å². The predicted molar refractivity (Wildman–Crippen MR) is 60.1 cm³/mol. The summed E-state index contributed by atoms with van der Waals surface area (Å²) < 4.78 is 0. The summed E-state index contributed by atoms with van der Waals surface area (Å²) in [4.78, 5) is 4.55. The van der Waals surface area contributed by atoms with Crippen LogP contribution in [0.1, 0.15) is 25.0 Å². The SMILES string of the molecule is CC1=NC2=Cc3ccccc3C2=C1C. The number of hydrogen-bond acceptors (Lipinski definition) is 1. The number of rotatable bonds is 0. The van der Waals surface area contributed by atoms with Crippen LogP contribution >= 0.6 is 0 Å². The van der Waals surface area contributed by atoms with E-state index in [1.807, 2.05) is 0 Å². The first-order valence-corrected chi connectivity index (χ1v) is 4.85. The molecule has 0 saturated carbocycles. The van der Waals surface area contributed by atoms with E-state index in [-0.39, 0.29) is 0 Å². The molecule has 1 heteroatoms. The van der Waals surface area contributed by atoms with Crippen molar-refractivity contribution in [3.05, 3.63) is 46.7 Å². The average molecular weight is 181 g/mol. The lowest BCUT2D eigenvalue weighted by Gasteiger charge is -2.01. The summed E-state index contributed by atoms with van der Waals surface area (Å²) in [6, 6.07) is 8.48. The Morgan fingerprint density at radius 2 is 1.86 bits per heavy atom. The van der Waals surface area contributed by atoms with Gasteiger partial charge in [0.2, 0.25) is 0 Å². The van der Waals surface area contributed by atoms with Gasteiger partial charge in [0.15, 0.2) is 0 Å². The van der Waals surface area contributed by atoms with Crippen molar-refractivity contribution in [2.24, 2.45) is 4.99 Å². The molecule has 0 unspecified atom stereocenters. The molecule has 0 amide bonds. The highest BCUT2D eigenvalue weighted by Crippen LogP contribution is 2.41. The normalized spacial score (nSPS) is 17.9. The van der Waals surface area contributed by atoms with Crippen molar-refractivity contribution in [3.8, 4) is 0 Å². The summed E-state index contributed by atoms with van der Waals surface area (Å²) in [5.41, 5.74) is 7.58. The Labute approximate surface area is 83.5 Å². The second-order valence-corrected chi connectivity index (χ2v) is 3.81. The number of aliphatic imine (C=N–C) groups is 1. The summed E-state index contributed by atoms with van der Waals surface area (Å²) >= 11 is 0. The zero-order chi connectivity index (χ0) is 9.71. The van der Waals surface area contributed by atoms with Gasteiger partial charge in [-0.05, 0) is 36.6 Å². The van der Waals surface area contributed by atoms with E-state index < -0.39 is 0 Å². The zero-order valence-corrected chi connectivity index (χ0v) is 8.33. The van der Waals surface area contributed by atoms with Crippen molar-refractivity contribution in [2.75, 3.05) is 0 Å². The fourth-order valence-corrected chi connectivity index (χ4v) is 2.14. The highest BCUT2D eigenvalue weighted by Gasteiger charge is 2.25. The summed E-state index contributed by atoms with van der Waals surface area (Å²) in [6.07, 6.45) is 2.17. The van der Waals surface area contributed by atoms with E-state index in [1.165, 1.54) is 22.3 Å². The summed E-state index contributed by atoms with van der Waals surface area (Å²) in [6.45, 7) is 4.22. The lowest BCUT2D eigenvalue weighted by Crippen LogP contribution is -1.90. The van der Waals surface area contributed by atoms with Gasteiger partial charge >= 0.3 is 0 Å². The lowest BCUT2D eigenvalue weighted by atomic mass is 10.0. The molecule has 1 heterocycles. The molecule has 68 valence electrons. The van der Waals surface area contributed by atoms with Crippen LogP contribution in [0.2, 0.25) is 0 Å². The molecule has 1 aliphatic heterocycles. The largest absolute Gasteiger partial charge is 0.253 e. The van der Waals surface area contributed by atoms with Gasteiger partial charge in [-0.25, -0.2) is 0 Å². The van der Waals surface area contributed by atoms with Gasteiger partial charge in [-0.3, -0.25) is 4.99 Å². The summed E-state index contributed by atoms with van der Waals surface area (Å²) in [7, 11) is 0. The topological polar surface area (TPSA) is 12.4 Å². The first kappa shape index (κ1) is 7.74. The third kappa shape index (κ3) is 0.818. The molecular weight excluding hydrogens is 170 g/mol. The zero-order valence-electron chi connectivity index (χ0n) is 8.33. The highest BCUT2D eigenvalue weighted by atomic mass is 14.8. The van der Waals surface area contributed by atoms with E-state index in [0.29, 0.717) is 0 Å². The first-order valence-electron chi connectivity index (χ1n) is 4.85. The Morgan fingerprint density at radius 3 is 2.71 bits per heavy atom. The molecule has 1 aromatic carbocycles. The van der Waals surface area contributed by atoms with E-state index in [4.69, 9.17) is 0 Å². The van der Waals surface area contributed by atoms with Gasteiger partial charge in [0, 0.05) is 11.3 Å². The van der Waals surface area contributed by atoms with Gasteiger partial charge < -0.3 is 0 Å². The maximum absolute atomic E-state index is 4.55. The predicted octanol–water partition coefficient (Wildman–Crippen LogP) is 3.29. The van der Waals surface area contributed by atoms with Crippen molar-refractivity contribution in [1.82, 2.24) is 0 Å². The van der Waals surface area contributed by atoms with Crippen molar-refractivity contribution < 1.29 is 0 Å². The minimum atomic E-state index is 1.14.